The first-order chi connectivity index (χ1) is 11.8. The van der Waals surface area contributed by atoms with E-state index < -0.39 is 0 Å². The molecule has 3 aromatic rings. The van der Waals surface area contributed by atoms with E-state index in [0.29, 0.717) is 12.5 Å². The molecule has 0 radical (unpaired) electrons. The summed E-state index contributed by atoms with van der Waals surface area (Å²) in [6.45, 7) is 4.45. The summed E-state index contributed by atoms with van der Waals surface area (Å²) in [6, 6.07) is 3.95. The molecule has 0 amide bonds. The van der Waals surface area contributed by atoms with Crippen molar-refractivity contribution >= 4 is 27.9 Å². The Hall–Kier alpha value is -2.26. The molecule has 1 fully saturated rings. The molecule has 0 atom stereocenters. The molecular formula is C15H17N7OS. The van der Waals surface area contributed by atoms with Crippen LogP contribution in [-0.2, 0) is 17.8 Å². The third-order valence-electron chi connectivity index (χ3n) is 4.47. The number of ether oxygens (including phenoxy) is 1. The van der Waals surface area contributed by atoms with Gasteiger partial charge in [0.1, 0.15) is 12.1 Å². The Kier molecular flexibility index (Phi) is 3.34. The number of nitrogens with zero attached hydrogens (tertiary/aromatic N) is 6. The van der Waals surface area contributed by atoms with Gasteiger partial charge in [0.25, 0.3) is 0 Å². The molecule has 8 nitrogen and oxygen atoms in total. The molecule has 5 heterocycles. The summed E-state index contributed by atoms with van der Waals surface area (Å²) in [4.78, 5) is 8.21. The van der Waals surface area contributed by atoms with Crippen molar-refractivity contribution in [3.8, 4) is 0 Å². The van der Waals surface area contributed by atoms with E-state index >= 15 is 0 Å². The number of nitrogens with one attached hydrogen (secondary N) is 1. The van der Waals surface area contributed by atoms with Gasteiger partial charge in [-0.05, 0) is 12.1 Å². The lowest BCUT2D eigenvalue weighted by molar-refractivity contribution is 0.112. The van der Waals surface area contributed by atoms with Crippen LogP contribution in [0.15, 0.2) is 18.5 Å². The zero-order chi connectivity index (χ0) is 15.9. The first kappa shape index (κ1) is 14.1. The Morgan fingerprint density at radius 3 is 3.21 bits per heavy atom. The van der Waals surface area contributed by atoms with Gasteiger partial charge in [-0.3, -0.25) is 0 Å². The largest absolute Gasteiger partial charge is 0.375 e. The number of aromatic nitrogens is 5. The minimum atomic E-state index is 0.612. The Morgan fingerprint density at radius 1 is 1.33 bits per heavy atom. The monoisotopic (exact) mass is 343 g/mol. The molecule has 2 aliphatic rings. The Bertz CT molecular complexity index is 846. The van der Waals surface area contributed by atoms with Gasteiger partial charge in [0.05, 0.1) is 23.8 Å². The summed E-state index contributed by atoms with van der Waals surface area (Å²) in [5, 5.41) is 16.9. The second kappa shape index (κ2) is 5.67. The molecule has 0 unspecified atom stereocenters. The average Bonchev–Trinajstić information content (AvgIpc) is 3.18. The predicted octanol–water partition coefficient (Wildman–Crippen LogP) is 1.20. The third kappa shape index (κ3) is 2.49. The van der Waals surface area contributed by atoms with Gasteiger partial charge in [0.15, 0.2) is 10.8 Å². The van der Waals surface area contributed by atoms with Crippen molar-refractivity contribution in [3.05, 3.63) is 29.0 Å². The van der Waals surface area contributed by atoms with Crippen molar-refractivity contribution in [1.29, 1.82) is 0 Å². The lowest BCUT2D eigenvalue weighted by Crippen LogP contribution is -2.50. The maximum Gasteiger partial charge on any atom is 0.183 e. The predicted molar refractivity (Wildman–Crippen MR) is 90.4 cm³/mol. The Balaban J connectivity index is 1.17. The van der Waals surface area contributed by atoms with Gasteiger partial charge in [-0.15, -0.1) is 15.3 Å². The molecule has 0 aromatic carbocycles. The fourth-order valence-corrected chi connectivity index (χ4v) is 4.06. The van der Waals surface area contributed by atoms with Crippen molar-refractivity contribution in [2.24, 2.45) is 5.92 Å². The van der Waals surface area contributed by atoms with Crippen molar-refractivity contribution in [1.82, 2.24) is 24.8 Å². The molecule has 0 spiro atoms. The molecule has 0 aliphatic carbocycles. The highest BCUT2D eigenvalue weighted by Gasteiger charge is 2.28. The Morgan fingerprint density at radius 2 is 2.29 bits per heavy atom. The first-order valence-corrected chi connectivity index (χ1v) is 8.89. The number of thiazole rings is 1. The first-order valence-electron chi connectivity index (χ1n) is 8.07. The SMILES string of the molecule is c1cc2nncn2nc1N1CC(CNc2nc3c(s2)COCC3)C1. The number of hydrogen-bond donors (Lipinski definition) is 1. The standard InChI is InChI=1S/C15H17N7OS/c1-2-14(20-22-9-17-19-13(1)22)21-6-10(7-21)5-16-15-18-11-3-4-23-8-12(11)24-15/h1-2,9-10H,3-8H2,(H,16,18). The van der Waals surface area contributed by atoms with E-state index in [9.17, 15) is 0 Å². The van der Waals surface area contributed by atoms with E-state index in [1.807, 2.05) is 12.1 Å². The minimum absolute atomic E-state index is 0.612. The van der Waals surface area contributed by atoms with Crippen LogP contribution in [-0.4, -0.2) is 51.0 Å². The van der Waals surface area contributed by atoms with Crippen LogP contribution in [0.4, 0.5) is 10.9 Å². The lowest BCUT2D eigenvalue weighted by atomic mass is 10.0. The van der Waals surface area contributed by atoms with E-state index in [1.165, 1.54) is 10.6 Å². The fourth-order valence-electron chi connectivity index (χ4n) is 3.11. The van der Waals surface area contributed by atoms with Gasteiger partial charge in [0.2, 0.25) is 0 Å². The second-order valence-electron chi connectivity index (χ2n) is 6.17. The third-order valence-corrected chi connectivity index (χ3v) is 5.49. The minimum Gasteiger partial charge on any atom is -0.375 e. The average molecular weight is 343 g/mol. The molecule has 0 saturated carbocycles. The van der Waals surface area contributed by atoms with Crippen molar-refractivity contribution in [2.75, 3.05) is 36.5 Å². The summed E-state index contributed by atoms with van der Waals surface area (Å²) in [5.41, 5.74) is 1.98. The number of hydrogen-bond acceptors (Lipinski definition) is 8. The van der Waals surface area contributed by atoms with Gasteiger partial charge in [-0.1, -0.05) is 11.3 Å². The zero-order valence-corrected chi connectivity index (χ0v) is 13.9. The molecule has 24 heavy (non-hydrogen) atoms. The molecule has 1 N–H and O–H groups in total. The molecule has 9 heteroatoms. The normalized spacial score (nSPS) is 17.8. The molecule has 124 valence electrons. The van der Waals surface area contributed by atoms with Gasteiger partial charge in [0, 0.05) is 32.0 Å². The van der Waals surface area contributed by atoms with E-state index in [1.54, 1.807) is 22.2 Å². The van der Waals surface area contributed by atoms with Gasteiger partial charge in [-0.25, -0.2) is 4.98 Å². The highest BCUT2D eigenvalue weighted by atomic mass is 32.1. The maximum absolute atomic E-state index is 5.47. The summed E-state index contributed by atoms with van der Waals surface area (Å²) >= 11 is 1.72. The van der Waals surface area contributed by atoms with Crippen LogP contribution in [0, 0.1) is 5.92 Å². The van der Waals surface area contributed by atoms with E-state index in [-0.39, 0.29) is 0 Å². The fraction of sp³-hybridized carbons (Fsp3) is 0.467. The second-order valence-corrected chi connectivity index (χ2v) is 7.25. The maximum atomic E-state index is 5.47. The number of anilines is 2. The number of rotatable bonds is 4. The smallest absolute Gasteiger partial charge is 0.183 e. The highest BCUT2D eigenvalue weighted by molar-refractivity contribution is 7.15. The molecule has 5 rings (SSSR count). The van der Waals surface area contributed by atoms with Crippen molar-refractivity contribution < 1.29 is 4.74 Å². The van der Waals surface area contributed by atoms with Crippen LogP contribution < -0.4 is 10.2 Å². The van der Waals surface area contributed by atoms with E-state index in [2.05, 4.69) is 30.5 Å². The zero-order valence-electron chi connectivity index (χ0n) is 13.1. The van der Waals surface area contributed by atoms with Crippen LogP contribution >= 0.6 is 11.3 Å². The molecule has 2 aliphatic heterocycles. The van der Waals surface area contributed by atoms with Crippen LogP contribution in [0.25, 0.3) is 5.65 Å². The summed E-state index contributed by atoms with van der Waals surface area (Å²) < 4.78 is 7.18. The molecule has 0 bridgehead atoms. The van der Waals surface area contributed by atoms with E-state index in [4.69, 9.17) is 4.74 Å². The van der Waals surface area contributed by atoms with Gasteiger partial charge < -0.3 is 15.0 Å². The molecule has 3 aromatic heterocycles. The van der Waals surface area contributed by atoms with Crippen LogP contribution in [0.5, 0.6) is 0 Å². The topological polar surface area (TPSA) is 80.5 Å². The summed E-state index contributed by atoms with van der Waals surface area (Å²) in [7, 11) is 0. The van der Waals surface area contributed by atoms with Crippen molar-refractivity contribution in [3.63, 3.8) is 0 Å². The van der Waals surface area contributed by atoms with Gasteiger partial charge in [-0.2, -0.15) is 4.52 Å². The highest BCUT2D eigenvalue weighted by Crippen LogP contribution is 2.28. The Labute approximate surface area is 142 Å². The number of fused-ring (bicyclic) bond motifs is 2. The summed E-state index contributed by atoms with van der Waals surface area (Å²) in [6.07, 6.45) is 2.56. The van der Waals surface area contributed by atoms with Crippen LogP contribution in [0.1, 0.15) is 10.6 Å². The lowest BCUT2D eigenvalue weighted by Gasteiger charge is -2.40. The quantitative estimate of drug-likeness (QED) is 0.762. The van der Waals surface area contributed by atoms with Gasteiger partial charge >= 0.3 is 0 Å². The summed E-state index contributed by atoms with van der Waals surface area (Å²) in [5.74, 6) is 1.58. The molecular weight excluding hydrogens is 326 g/mol. The van der Waals surface area contributed by atoms with Crippen molar-refractivity contribution in [2.45, 2.75) is 13.0 Å². The van der Waals surface area contributed by atoms with Crippen LogP contribution in [0.3, 0.4) is 0 Å². The van der Waals surface area contributed by atoms with E-state index in [0.717, 1.165) is 49.3 Å². The molecule has 1 saturated heterocycles. The van der Waals surface area contributed by atoms with Crippen LogP contribution in [0.2, 0.25) is 0 Å².